The molecule has 0 saturated carbocycles. The molecule has 1 saturated heterocycles. The fourth-order valence-electron chi connectivity index (χ4n) is 3.30. The maximum Gasteiger partial charge on any atom is 0.259 e. The van der Waals surface area contributed by atoms with Crippen molar-refractivity contribution in [2.45, 2.75) is 20.3 Å². The lowest BCUT2D eigenvalue weighted by atomic mass is 10.1. The van der Waals surface area contributed by atoms with Crippen molar-refractivity contribution in [1.29, 1.82) is 0 Å². The number of rotatable bonds is 6. The lowest BCUT2D eigenvalue weighted by Crippen LogP contribution is -2.28. The summed E-state index contributed by atoms with van der Waals surface area (Å²) in [5, 5.41) is 2.86. The van der Waals surface area contributed by atoms with E-state index < -0.39 is 5.92 Å². The van der Waals surface area contributed by atoms with Gasteiger partial charge in [0.2, 0.25) is 11.8 Å². The van der Waals surface area contributed by atoms with E-state index in [9.17, 15) is 14.4 Å². The fraction of sp³-hybridized carbons (Fsp3) is 0.348. The predicted octanol–water partition coefficient (Wildman–Crippen LogP) is 2.76. The van der Waals surface area contributed by atoms with Gasteiger partial charge in [0, 0.05) is 38.4 Å². The van der Waals surface area contributed by atoms with E-state index in [1.54, 1.807) is 43.3 Å². The number of nitrogens with zero attached hydrogens (tertiary/aromatic N) is 2. The van der Waals surface area contributed by atoms with Crippen molar-refractivity contribution in [3.8, 4) is 5.75 Å². The summed E-state index contributed by atoms with van der Waals surface area (Å²) in [5.41, 5.74) is 3.64. The Bertz CT molecular complexity index is 953. The van der Waals surface area contributed by atoms with Crippen LogP contribution in [0.2, 0.25) is 0 Å². The molecule has 1 fully saturated rings. The van der Waals surface area contributed by atoms with E-state index in [0.29, 0.717) is 18.0 Å². The molecule has 0 aromatic heterocycles. The lowest BCUT2D eigenvalue weighted by molar-refractivity contribution is -0.130. The molecule has 0 bridgehead atoms. The maximum atomic E-state index is 12.7. The second-order valence-corrected chi connectivity index (χ2v) is 7.71. The second-order valence-electron chi connectivity index (χ2n) is 7.71. The average molecular weight is 409 g/mol. The highest BCUT2D eigenvalue weighted by Gasteiger charge is 2.35. The molecule has 7 nitrogen and oxygen atoms in total. The molecule has 7 heteroatoms. The number of likely N-dealkylation sites (N-methyl/N-ethyl adjacent to an activating group) is 1. The highest BCUT2D eigenvalue weighted by Crippen LogP contribution is 2.30. The Balaban J connectivity index is 1.59. The standard InChI is InChI=1S/C23H27N3O4/c1-15-6-5-7-20(16(15)2)26-13-17(12-21(26)27)23(29)24-18-8-10-19(11-9-18)30-14-22(28)25(3)4/h5-11,17H,12-14H2,1-4H3,(H,24,29). The largest absolute Gasteiger partial charge is 0.484 e. The van der Waals surface area contributed by atoms with E-state index in [1.165, 1.54) is 4.90 Å². The molecule has 1 N–H and O–H groups in total. The van der Waals surface area contributed by atoms with Gasteiger partial charge < -0.3 is 19.9 Å². The summed E-state index contributed by atoms with van der Waals surface area (Å²) < 4.78 is 5.43. The Kier molecular flexibility index (Phi) is 6.40. The number of hydrogen-bond acceptors (Lipinski definition) is 4. The summed E-state index contributed by atoms with van der Waals surface area (Å²) in [6, 6.07) is 12.7. The number of nitrogens with one attached hydrogen (secondary N) is 1. The van der Waals surface area contributed by atoms with Gasteiger partial charge in [-0.15, -0.1) is 0 Å². The first-order chi connectivity index (χ1) is 14.3. The van der Waals surface area contributed by atoms with Gasteiger partial charge in [-0.1, -0.05) is 12.1 Å². The van der Waals surface area contributed by atoms with Crippen LogP contribution in [0.15, 0.2) is 42.5 Å². The predicted molar refractivity (Wildman–Crippen MR) is 116 cm³/mol. The van der Waals surface area contributed by atoms with Crippen molar-refractivity contribution < 1.29 is 19.1 Å². The molecule has 3 rings (SSSR count). The van der Waals surface area contributed by atoms with Crippen LogP contribution < -0.4 is 15.0 Å². The Labute approximate surface area is 176 Å². The molecular weight excluding hydrogens is 382 g/mol. The Morgan fingerprint density at radius 1 is 1.13 bits per heavy atom. The van der Waals surface area contributed by atoms with Gasteiger partial charge in [-0.2, -0.15) is 0 Å². The number of amides is 3. The molecule has 30 heavy (non-hydrogen) atoms. The number of aryl methyl sites for hydroxylation is 1. The van der Waals surface area contributed by atoms with Crippen molar-refractivity contribution in [2.75, 3.05) is 37.5 Å². The zero-order valence-corrected chi connectivity index (χ0v) is 17.8. The maximum absolute atomic E-state index is 12.7. The minimum atomic E-state index is -0.411. The smallest absolute Gasteiger partial charge is 0.259 e. The molecule has 0 spiro atoms. The van der Waals surface area contributed by atoms with E-state index in [0.717, 1.165) is 16.8 Å². The zero-order chi connectivity index (χ0) is 21.8. The average Bonchev–Trinajstić information content (AvgIpc) is 3.10. The Morgan fingerprint density at radius 2 is 1.83 bits per heavy atom. The minimum Gasteiger partial charge on any atom is -0.484 e. The molecule has 1 aliphatic heterocycles. The van der Waals surface area contributed by atoms with Crippen molar-refractivity contribution >= 4 is 29.1 Å². The van der Waals surface area contributed by atoms with Crippen LogP contribution in [0, 0.1) is 19.8 Å². The summed E-state index contributed by atoms with van der Waals surface area (Å²) in [7, 11) is 3.33. The molecule has 0 radical (unpaired) electrons. The molecule has 1 unspecified atom stereocenters. The van der Waals surface area contributed by atoms with Crippen molar-refractivity contribution in [2.24, 2.45) is 5.92 Å². The van der Waals surface area contributed by atoms with Gasteiger partial charge >= 0.3 is 0 Å². The third-order valence-electron chi connectivity index (χ3n) is 5.35. The van der Waals surface area contributed by atoms with Crippen LogP contribution >= 0.6 is 0 Å². The Hall–Kier alpha value is -3.35. The summed E-state index contributed by atoms with van der Waals surface area (Å²) in [5.74, 6) is -0.233. The van der Waals surface area contributed by atoms with E-state index in [2.05, 4.69) is 5.32 Å². The van der Waals surface area contributed by atoms with Crippen LogP contribution in [0.25, 0.3) is 0 Å². The SMILES string of the molecule is Cc1cccc(N2CC(C(=O)Nc3ccc(OCC(=O)N(C)C)cc3)CC2=O)c1C. The van der Waals surface area contributed by atoms with E-state index in [4.69, 9.17) is 4.74 Å². The fourth-order valence-corrected chi connectivity index (χ4v) is 3.30. The van der Waals surface area contributed by atoms with Gasteiger partial charge in [0.1, 0.15) is 5.75 Å². The minimum absolute atomic E-state index is 0.0434. The molecule has 1 heterocycles. The molecule has 3 amide bonds. The van der Waals surface area contributed by atoms with Crippen LogP contribution in [0.1, 0.15) is 17.5 Å². The first-order valence-corrected chi connectivity index (χ1v) is 9.86. The van der Waals surface area contributed by atoms with E-state index in [-0.39, 0.29) is 30.7 Å². The highest BCUT2D eigenvalue weighted by molar-refractivity contribution is 6.03. The first-order valence-electron chi connectivity index (χ1n) is 9.86. The molecular formula is C23H27N3O4. The molecule has 2 aromatic carbocycles. The lowest BCUT2D eigenvalue weighted by Gasteiger charge is -2.20. The van der Waals surface area contributed by atoms with Gasteiger partial charge in [0.25, 0.3) is 5.91 Å². The summed E-state index contributed by atoms with van der Waals surface area (Å²) in [4.78, 5) is 40.0. The highest BCUT2D eigenvalue weighted by atomic mass is 16.5. The van der Waals surface area contributed by atoms with Gasteiger partial charge in [-0.3, -0.25) is 14.4 Å². The second kappa shape index (κ2) is 8.98. The van der Waals surface area contributed by atoms with Crippen LogP contribution in [0.5, 0.6) is 5.75 Å². The van der Waals surface area contributed by atoms with E-state index >= 15 is 0 Å². The molecule has 1 atom stereocenters. The monoisotopic (exact) mass is 409 g/mol. The van der Waals surface area contributed by atoms with Gasteiger partial charge in [-0.25, -0.2) is 0 Å². The molecule has 1 aliphatic rings. The number of carbonyl (C=O) groups is 3. The molecule has 158 valence electrons. The van der Waals surface area contributed by atoms with Gasteiger partial charge in [-0.05, 0) is 55.3 Å². The number of carbonyl (C=O) groups excluding carboxylic acids is 3. The quantitative estimate of drug-likeness (QED) is 0.796. The number of benzene rings is 2. The van der Waals surface area contributed by atoms with Gasteiger partial charge in [0.05, 0.1) is 5.92 Å². The number of hydrogen-bond donors (Lipinski definition) is 1. The van der Waals surface area contributed by atoms with Crippen LogP contribution in [-0.2, 0) is 14.4 Å². The summed E-state index contributed by atoms with van der Waals surface area (Å²) >= 11 is 0. The van der Waals surface area contributed by atoms with Crippen LogP contribution in [0.3, 0.4) is 0 Å². The first kappa shape index (κ1) is 21.4. The van der Waals surface area contributed by atoms with Crippen molar-refractivity contribution in [1.82, 2.24) is 4.90 Å². The van der Waals surface area contributed by atoms with Gasteiger partial charge in [0.15, 0.2) is 6.61 Å². The number of ether oxygens (including phenoxy) is 1. The molecule has 0 aliphatic carbocycles. The third kappa shape index (κ3) is 4.79. The van der Waals surface area contributed by atoms with E-state index in [1.807, 2.05) is 32.0 Å². The number of anilines is 2. The summed E-state index contributed by atoms with van der Waals surface area (Å²) in [6.07, 6.45) is 0.188. The van der Waals surface area contributed by atoms with Crippen LogP contribution in [0.4, 0.5) is 11.4 Å². The normalized spacial score (nSPS) is 15.8. The topological polar surface area (TPSA) is 79.0 Å². The Morgan fingerprint density at radius 3 is 2.50 bits per heavy atom. The van der Waals surface area contributed by atoms with Crippen LogP contribution in [-0.4, -0.2) is 49.9 Å². The van der Waals surface area contributed by atoms with Crippen molar-refractivity contribution in [3.63, 3.8) is 0 Å². The third-order valence-corrected chi connectivity index (χ3v) is 5.35. The zero-order valence-electron chi connectivity index (χ0n) is 17.8. The summed E-state index contributed by atoms with van der Waals surface area (Å²) in [6.45, 7) is 4.31. The molecule has 2 aromatic rings. The van der Waals surface area contributed by atoms with Crippen molar-refractivity contribution in [3.05, 3.63) is 53.6 Å².